The maximum absolute atomic E-state index is 12.0. The molecule has 1 amide bonds. The summed E-state index contributed by atoms with van der Waals surface area (Å²) < 4.78 is 5.70. The number of nitrogens with zero attached hydrogens (tertiary/aromatic N) is 1. The summed E-state index contributed by atoms with van der Waals surface area (Å²) in [6.07, 6.45) is 0.217. The Bertz CT molecular complexity index is 1050. The number of hydrogen-bond acceptors (Lipinski definition) is 5. The van der Waals surface area contributed by atoms with Crippen LogP contribution in [0.15, 0.2) is 57.8 Å². The van der Waals surface area contributed by atoms with Gasteiger partial charge in [0.2, 0.25) is 0 Å². The number of rotatable bonds is 6. The Morgan fingerprint density at radius 2 is 1.85 bits per heavy atom. The second-order valence-electron chi connectivity index (χ2n) is 5.72. The van der Waals surface area contributed by atoms with E-state index in [0.29, 0.717) is 22.4 Å². The molecule has 1 heterocycles. The minimum Gasteiger partial charge on any atom is -0.456 e. The third-order valence-corrected chi connectivity index (χ3v) is 4.43. The van der Waals surface area contributed by atoms with Crippen molar-refractivity contribution in [1.29, 1.82) is 0 Å². The Hall–Kier alpha value is -3.00. The van der Waals surface area contributed by atoms with Crippen LogP contribution in [0.2, 0.25) is 0 Å². The maximum Gasteiger partial charge on any atom is 0.306 e. The fourth-order valence-corrected chi connectivity index (χ4v) is 2.82. The van der Waals surface area contributed by atoms with Gasteiger partial charge in [-0.2, -0.15) is 0 Å². The third-order valence-electron chi connectivity index (χ3n) is 3.74. The zero-order valence-electron chi connectivity index (χ0n) is 14.2. The lowest BCUT2D eigenvalue weighted by Crippen LogP contribution is -2.21. The first-order valence-electron chi connectivity index (χ1n) is 8.21. The van der Waals surface area contributed by atoms with E-state index in [1.54, 1.807) is 42.5 Å². The number of anilines is 1. The molecule has 2 N–H and O–H groups in total. The first kappa shape index (κ1) is 18.8. The van der Waals surface area contributed by atoms with Crippen LogP contribution >= 0.6 is 15.9 Å². The fraction of sp³-hybridized carbons (Fsp3) is 0.158. The van der Waals surface area contributed by atoms with Gasteiger partial charge in [-0.05, 0) is 40.2 Å². The average Bonchev–Trinajstić information content (AvgIpc) is 2.66. The molecule has 0 saturated carbocycles. The molecular formula is C19H16BrN3O4. The van der Waals surface area contributed by atoms with E-state index < -0.39 is 11.9 Å². The molecule has 0 spiro atoms. The monoisotopic (exact) mass is 429 g/mol. The van der Waals surface area contributed by atoms with Crippen LogP contribution in [-0.4, -0.2) is 28.5 Å². The third kappa shape index (κ3) is 5.01. The summed E-state index contributed by atoms with van der Waals surface area (Å²) in [5.41, 5.74) is 0.908. The van der Waals surface area contributed by atoms with Crippen molar-refractivity contribution in [2.24, 2.45) is 0 Å². The molecule has 2 aromatic carbocycles. The van der Waals surface area contributed by atoms with Gasteiger partial charge in [-0.25, -0.2) is 4.98 Å². The first-order chi connectivity index (χ1) is 13.0. The number of carbonyl (C=O) groups excluding carboxylic acids is 2. The first-order valence-corrected chi connectivity index (χ1v) is 9.00. The number of esters is 1. The number of aryl methyl sites for hydroxylation is 1. The van der Waals surface area contributed by atoms with Crippen LogP contribution in [0.25, 0.3) is 10.9 Å². The van der Waals surface area contributed by atoms with Crippen LogP contribution in [-0.2, 0) is 20.7 Å². The van der Waals surface area contributed by atoms with Gasteiger partial charge >= 0.3 is 5.97 Å². The molecule has 0 aliphatic carbocycles. The van der Waals surface area contributed by atoms with Crippen molar-refractivity contribution in [2.45, 2.75) is 12.8 Å². The van der Waals surface area contributed by atoms with Crippen molar-refractivity contribution >= 4 is 44.4 Å². The number of fused-ring (bicyclic) bond motifs is 1. The van der Waals surface area contributed by atoms with Crippen molar-refractivity contribution in [2.75, 3.05) is 11.9 Å². The van der Waals surface area contributed by atoms with Gasteiger partial charge in [0.15, 0.2) is 6.61 Å². The summed E-state index contributed by atoms with van der Waals surface area (Å²) in [5.74, 6) is -0.589. The van der Waals surface area contributed by atoms with E-state index in [1.165, 1.54) is 0 Å². The summed E-state index contributed by atoms with van der Waals surface area (Å²) in [4.78, 5) is 42.7. The van der Waals surface area contributed by atoms with Crippen LogP contribution in [0.1, 0.15) is 12.2 Å². The number of halogens is 1. The van der Waals surface area contributed by atoms with E-state index in [-0.39, 0.29) is 25.0 Å². The van der Waals surface area contributed by atoms with Gasteiger partial charge in [-0.1, -0.05) is 24.3 Å². The molecule has 0 saturated heterocycles. The molecule has 0 aliphatic heterocycles. The van der Waals surface area contributed by atoms with Crippen LogP contribution in [0.4, 0.5) is 5.69 Å². The summed E-state index contributed by atoms with van der Waals surface area (Å²) in [6.45, 7) is -0.387. The molecule has 138 valence electrons. The highest BCUT2D eigenvalue weighted by Crippen LogP contribution is 2.20. The number of benzene rings is 2. The Labute approximate surface area is 162 Å². The fourth-order valence-electron chi connectivity index (χ4n) is 2.44. The van der Waals surface area contributed by atoms with Crippen LogP contribution in [0, 0.1) is 0 Å². The summed E-state index contributed by atoms with van der Waals surface area (Å²) in [6, 6.07) is 14.1. The number of para-hydroxylation sites is 2. The van der Waals surface area contributed by atoms with Gasteiger partial charge in [0.1, 0.15) is 5.82 Å². The van der Waals surface area contributed by atoms with Gasteiger partial charge in [-0.15, -0.1) is 0 Å². The predicted molar refractivity (Wildman–Crippen MR) is 104 cm³/mol. The van der Waals surface area contributed by atoms with Crippen LogP contribution in [0.5, 0.6) is 0 Å². The number of carbonyl (C=O) groups is 2. The molecule has 8 heteroatoms. The minimum absolute atomic E-state index is 0.00356. The molecule has 0 aliphatic rings. The normalized spacial score (nSPS) is 10.6. The number of aromatic nitrogens is 2. The van der Waals surface area contributed by atoms with Crippen molar-refractivity contribution in [3.63, 3.8) is 0 Å². The maximum atomic E-state index is 12.0. The molecule has 3 aromatic rings. The molecule has 0 atom stereocenters. The Morgan fingerprint density at radius 1 is 1.11 bits per heavy atom. The largest absolute Gasteiger partial charge is 0.456 e. The highest BCUT2D eigenvalue weighted by molar-refractivity contribution is 9.10. The molecule has 0 unspecified atom stereocenters. The number of ether oxygens (including phenoxy) is 1. The van der Waals surface area contributed by atoms with E-state index in [1.807, 2.05) is 6.07 Å². The second-order valence-corrected chi connectivity index (χ2v) is 6.57. The average molecular weight is 430 g/mol. The molecule has 0 bridgehead atoms. The lowest BCUT2D eigenvalue weighted by atomic mass is 10.2. The Balaban J connectivity index is 1.50. The van der Waals surface area contributed by atoms with Crippen molar-refractivity contribution < 1.29 is 14.3 Å². The lowest BCUT2D eigenvalue weighted by Gasteiger charge is -2.08. The zero-order valence-corrected chi connectivity index (χ0v) is 15.8. The van der Waals surface area contributed by atoms with Gasteiger partial charge in [-0.3, -0.25) is 14.4 Å². The quantitative estimate of drug-likeness (QED) is 0.586. The SMILES string of the molecule is O=C(COC(=O)CCc1nc2ccccc2c(=O)[nH]1)Nc1ccccc1Br. The summed E-state index contributed by atoms with van der Waals surface area (Å²) >= 11 is 3.32. The van der Waals surface area contributed by atoms with E-state index in [2.05, 4.69) is 31.2 Å². The van der Waals surface area contributed by atoms with Gasteiger partial charge in [0.05, 0.1) is 23.0 Å². The molecule has 0 fully saturated rings. The number of hydrogen-bond donors (Lipinski definition) is 2. The molecule has 1 aromatic heterocycles. The number of nitrogens with one attached hydrogen (secondary N) is 2. The molecular weight excluding hydrogens is 414 g/mol. The predicted octanol–water partition coefficient (Wildman–Crippen LogP) is 2.80. The molecule has 3 rings (SSSR count). The van der Waals surface area contributed by atoms with Crippen molar-refractivity contribution in [3.05, 3.63) is 69.2 Å². The smallest absolute Gasteiger partial charge is 0.306 e. The molecule has 0 radical (unpaired) electrons. The highest BCUT2D eigenvalue weighted by Gasteiger charge is 2.11. The Kier molecular flexibility index (Phi) is 5.97. The van der Waals surface area contributed by atoms with Crippen LogP contribution < -0.4 is 10.9 Å². The van der Waals surface area contributed by atoms with E-state index >= 15 is 0 Å². The van der Waals surface area contributed by atoms with Gasteiger partial charge < -0.3 is 15.0 Å². The highest BCUT2D eigenvalue weighted by atomic mass is 79.9. The standard InChI is InChI=1S/C19H16BrN3O4/c20-13-6-2-4-8-15(13)22-17(24)11-27-18(25)10-9-16-21-14-7-3-1-5-12(14)19(26)23-16/h1-8H,9-11H2,(H,22,24)(H,21,23,26). The second kappa shape index (κ2) is 8.59. The van der Waals surface area contributed by atoms with E-state index in [0.717, 1.165) is 4.47 Å². The number of aromatic amines is 1. The molecule has 27 heavy (non-hydrogen) atoms. The van der Waals surface area contributed by atoms with Crippen molar-refractivity contribution in [3.8, 4) is 0 Å². The topological polar surface area (TPSA) is 101 Å². The lowest BCUT2D eigenvalue weighted by molar-refractivity contribution is -0.147. The molecule has 7 nitrogen and oxygen atoms in total. The van der Waals surface area contributed by atoms with Crippen LogP contribution in [0.3, 0.4) is 0 Å². The number of amides is 1. The van der Waals surface area contributed by atoms with E-state index in [4.69, 9.17) is 4.74 Å². The van der Waals surface area contributed by atoms with Crippen molar-refractivity contribution in [1.82, 2.24) is 9.97 Å². The van der Waals surface area contributed by atoms with E-state index in [9.17, 15) is 14.4 Å². The minimum atomic E-state index is -0.548. The zero-order chi connectivity index (χ0) is 19.2. The van der Waals surface area contributed by atoms with Gasteiger partial charge in [0, 0.05) is 10.9 Å². The summed E-state index contributed by atoms with van der Waals surface area (Å²) in [7, 11) is 0. The Morgan fingerprint density at radius 3 is 2.67 bits per heavy atom. The van der Waals surface area contributed by atoms with Gasteiger partial charge in [0.25, 0.3) is 11.5 Å². The number of H-pyrrole nitrogens is 1. The summed E-state index contributed by atoms with van der Waals surface area (Å²) in [5, 5.41) is 3.14.